The molecule has 0 spiro atoms. The first-order valence-electron chi connectivity index (χ1n) is 6.58. The summed E-state index contributed by atoms with van der Waals surface area (Å²) in [6.45, 7) is 2.13. The van der Waals surface area contributed by atoms with Gasteiger partial charge in [-0.3, -0.25) is 0 Å². The third-order valence-corrected chi connectivity index (χ3v) is 3.82. The summed E-state index contributed by atoms with van der Waals surface area (Å²) in [7, 11) is 0. The quantitative estimate of drug-likeness (QED) is 0.735. The number of nitrogens with two attached hydrogens (primary N) is 1. The number of carboxylic acids is 1. The number of aromatic carboxylic acids is 1. The molecule has 4 nitrogen and oxygen atoms in total. The van der Waals surface area contributed by atoms with Crippen molar-refractivity contribution in [3.63, 3.8) is 0 Å². The van der Waals surface area contributed by atoms with E-state index in [-0.39, 0.29) is 23.0 Å². The van der Waals surface area contributed by atoms with Crippen molar-refractivity contribution in [1.82, 2.24) is 0 Å². The molecule has 0 saturated heterocycles. The monoisotopic (exact) mass is 266 g/mol. The van der Waals surface area contributed by atoms with Gasteiger partial charge in [-0.25, -0.2) is 9.18 Å². The summed E-state index contributed by atoms with van der Waals surface area (Å²) >= 11 is 0. The first kappa shape index (κ1) is 13.6. The lowest BCUT2D eigenvalue weighted by molar-refractivity contribution is 0.0698. The minimum atomic E-state index is -1.14. The lowest BCUT2D eigenvalue weighted by atomic mass is 9.86. The molecule has 0 aliphatic heterocycles. The molecule has 2 atom stereocenters. The van der Waals surface area contributed by atoms with E-state index >= 15 is 0 Å². The molecule has 0 amide bonds. The molecule has 4 N–H and O–H groups in total. The van der Waals surface area contributed by atoms with Crippen LogP contribution in [-0.4, -0.2) is 17.1 Å². The number of nitrogen functional groups attached to an aromatic ring is 1. The normalized spacial score (nSPS) is 23.1. The summed E-state index contributed by atoms with van der Waals surface area (Å²) in [5, 5.41) is 12.1. The topological polar surface area (TPSA) is 75.3 Å². The largest absolute Gasteiger partial charge is 0.478 e. The van der Waals surface area contributed by atoms with Gasteiger partial charge in [-0.05, 0) is 30.9 Å². The van der Waals surface area contributed by atoms with E-state index in [4.69, 9.17) is 10.8 Å². The lowest BCUT2D eigenvalue weighted by Gasteiger charge is -2.30. The first-order valence-corrected chi connectivity index (χ1v) is 6.58. The Kier molecular flexibility index (Phi) is 3.93. The molecule has 0 bridgehead atoms. The van der Waals surface area contributed by atoms with Crippen LogP contribution in [0, 0.1) is 11.7 Å². The van der Waals surface area contributed by atoms with Gasteiger partial charge in [0, 0.05) is 11.7 Å². The maximum Gasteiger partial charge on any atom is 0.337 e. The van der Waals surface area contributed by atoms with Gasteiger partial charge in [-0.1, -0.05) is 19.8 Å². The zero-order valence-electron chi connectivity index (χ0n) is 10.9. The van der Waals surface area contributed by atoms with Crippen LogP contribution in [0.1, 0.15) is 43.0 Å². The zero-order valence-corrected chi connectivity index (χ0v) is 10.9. The number of nitrogens with one attached hydrogen (secondary N) is 1. The van der Waals surface area contributed by atoms with Crippen LogP contribution in [-0.2, 0) is 0 Å². The van der Waals surface area contributed by atoms with E-state index in [1.165, 1.54) is 12.5 Å². The van der Waals surface area contributed by atoms with Crippen molar-refractivity contribution in [2.45, 2.75) is 38.6 Å². The number of anilines is 2. The molecule has 1 saturated carbocycles. The molecule has 2 unspecified atom stereocenters. The molecule has 1 aliphatic carbocycles. The Morgan fingerprint density at radius 3 is 2.74 bits per heavy atom. The second-order valence-electron chi connectivity index (χ2n) is 5.24. The molecule has 1 aromatic rings. The van der Waals surface area contributed by atoms with Crippen LogP contribution >= 0.6 is 0 Å². The van der Waals surface area contributed by atoms with Gasteiger partial charge in [0.25, 0.3) is 0 Å². The summed E-state index contributed by atoms with van der Waals surface area (Å²) < 4.78 is 13.8. The molecule has 19 heavy (non-hydrogen) atoms. The van der Waals surface area contributed by atoms with Gasteiger partial charge in [-0.15, -0.1) is 0 Å². The maximum atomic E-state index is 13.8. The molecule has 1 aromatic carbocycles. The highest BCUT2D eigenvalue weighted by Gasteiger charge is 2.23. The Labute approximate surface area is 111 Å². The summed E-state index contributed by atoms with van der Waals surface area (Å²) in [4.78, 5) is 11.0. The number of carboxylic acid groups (broad SMARTS) is 1. The minimum absolute atomic E-state index is 0.0488. The Hall–Kier alpha value is -1.78. The van der Waals surface area contributed by atoms with Gasteiger partial charge in [0.1, 0.15) is 5.82 Å². The average Bonchev–Trinajstić information content (AvgIpc) is 2.34. The predicted molar refractivity (Wildman–Crippen MR) is 72.8 cm³/mol. The number of benzene rings is 1. The average molecular weight is 266 g/mol. The highest BCUT2D eigenvalue weighted by Crippen LogP contribution is 2.29. The van der Waals surface area contributed by atoms with Crippen molar-refractivity contribution in [3.05, 3.63) is 23.5 Å². The third kappa shape index (κ3) is 2.97. The van der Waals surface area contributed by atoms with E-state index in [2.05, 4.69) is 12.2 Å². The van der Waals surface area contributed by atoms with Gasteiger partial charge in [0.2, 0.25) is 0 Å². The highest BCUT2D eigenvalue weighted by atomic mass is 19.1. The first-order chi connectivity index (χ1) is 8.99. The summed E-state index contributed by atoms with van der Waals surface area (Å²) in [5.74, 6) is -1.18. The van der Waals surface area contributed by atoms with Crippen molar-refractivity contribution in [2.75, 3.05) is 11.1 Å². The maximum absolute atomic E-state index is 13.8. The molecule has 5 heteroatoms. The third-order valence-electron chi connectivity index (χ3n) is 3.82. The summed E-state index contributed by atoms with van der Waals surface area (Å²) in [5.41, 5.74) is 5.62. The SMILES string of the molecule is CC1CCCCC1Nc1cc(C(=O)O)c(N)cc1F. The van der Waals surface area contributed by atoms with E-state index in [0.717, 1.165) is 25.3 Å². The fourth-order valence-electron chi connectivity index (χ4n) is 2.61. The van der Waals surface area contributed by atoms with Crippen LogP contribution in [0.25, 0.3) is 0 Å². The van der Waals surface area contributed by atoms with Crippen LogP contribution in [0.4, 0.5) is 15.8 Å². The van der Waals surface area contributed by atoms with Crippen LogP contribution in [0.15, 0.2) is 12.1 Å². The Bertz CT molecular complexity index is 491. The van der Waals surface area contributed by atoms with Gasteiger partial charge in [0.05, 0.1) is 11.3 Å². The van der Waals surface area contributed by atoms with E-state index < -0.39 is 11.8 Å². The number of hydrogen-bond donors (Lipinski definition) is 3. The second kappa shape index (κ2) is 5.47. The van der Waals surface area contributed by atoms with Crippen LogP contribution in [0.2, 0.25) is 0 Å². The molecule has 1 fully saturated rings. The molecular formula is C14H19FN2O2. The molecule has 0 heterocycles. The minimum Gasteiger partial charge on any atom is -0.478 e. The highest BCUT2D eigenvalue weighted by molar-refractivity contribution is 5.94. The van der Waals surface area contributed by atoms with Gasteiger partial charge in [0.15, 0.2) is 0 Å². The van der Waals surface area contributed by atoms with Crippen LogP contribution in [0.3, 0.4) is 0 Å². The van der Waals surface area contributed by atoms with E-state index in [9.17, 15) is 9.18 Å². The Balaban J connectivity index is 2.24. The van der Waals surface area contributed by atoms with Crippen molar-refractivity contribution in [3.8, 4) is 0 Å². The molecular weight excluding hydrogens is 247 g/mol. The second-order valence-corrected chi connectivity index (χ2v) is 5.24. The summed E-state index contributed by atoms with van der Waals surface area (Å²) in [6.07, 6.45) is 4.40. The van der Waals surface area contributed by atoms with E-state index in [0.29, 0.717) is 5.92 Å². The molecule has 0 radical (unpaired) electrons. The number of hydrogen-bond acceptors (Lipinski definition) is 3. The van der Waals surface area contributed by atoms with Gasteiger partial charge < -0.3 is 16.2 Å². The van der Waals surface area contributed by atoms with E-state index in [1.807, 2.05) is 0 Å². The van der Waals surface area contributed by atoms with Crippen molar-refractivity contribution >= 4 is 17.3 Å². The van der Waals surface area contributed by atoms with Gasteiger partial charge in [-0.2, -0.15) is 0 Å². The zero-order chi connectivity index (χ0) is 14.0. The fourth-order valence-corrected chi connectivity index (χ4v) is 2.61. The van der Waals surface area contributed by atoms with Crippen molar-refractivity contribution in [2.24, 2.45) is 5.92 Å². The van der Waals surface area contributed by atoms with Crippen LogP contribution in [0.5, 0.6) is 0 Å². The molecule has 104 valence electrons. The fraction of sp³-hybridized carbons (Fsp3) is 0.500. The summed E-state index contributed by atoms with van der Waals surface area (Å²) in [6, 6.07) is 2.54. The molecule has 2 rings (SSSR count). The van der Waals surface area contributed by atoms with Crippen LogP contribution < -0.4 is 11.1 Å². The number of carbonyl (C=O) groups is 1. The Morgan fingerprint density at radius 1 is 1.42 bits per heavy atom. The predicted octanol–water partition coefficient (Wildman–Crippen LogP) is 3.10. The molecule has 1 aliphatic rings. The van der Waals surface area contributed by atoms with E-state index in [1.54, 1.807) is 0 Å². The lowest BCUT2D eigenvalue weighted by Crippen LogP contribution is -2.30. The number of rotatable bonds is 3. The molecule has 0 aromatic heterocycles. The van der Waals surface area contributed by atoms with Gasteiger partial charge >= 0.3 is 5.97 Å². The smallest absolute Gasteiger partial charge is 0.337 e. The van der Waals surface area contributed by atoms with Crippen molar-refractivity contribution in [1.29, 1.82) is 0 Å². The van der Waals surface area contributed by atoms with Crippen molar-refractivity contribution < 1.29 is 14.3 Å². The standard InChI is InChI=1S/C14H19FN2O2/c1-8-4-2-3-5-12(8)17-13-6-9(14(18)19)11(16)7-10(13)15/h6-8,12,17H,2-5,16H2,1H3,(H,18,19). The Morgan fingerprint density at radius 2 is 2.11 bits per heavy atom. The number of halogens is 1.